The SMILES string of the molecule is CC[C@H]1CC[C@H](C(=O)N(c2sc(-c3ccccc3)cc2C(=O)O)C(C)C)CC1. The van der Waals surface area contributed by atoms with E-state index >= 15 is 0 Å². The summed E-state index contributed by atoms with van der Waals surface area (Å²) >= 11 is 1.40. The molecule has 1 aromatic heterocycles. The largest absolute Gasteiger partial charge is 0.478 e. The standard InChI is InChI=1S/C23H29NO3S/c1-4-16-10-12-18(13-11-16)21(25)24(15(2)3)22-19(23(26)27)14-20(28-22)17-8-6-5-7-9-17/h5-9,14-16,18H,4,10-13H2,1-3H3,(H,26,27)/t16-,18-. The van der Waals surface area contributed by atoms with E-state index in [0.717, 1.165) is 42.0 Å². The molecular formula is C23H29NO3S. The highest BCUT2D eigenvalue weighted by Crippen LogP contribution is 2.41. The predicted molar refractivity (Wildman–Crippen MR) is 115 cm³/mol. The van der Waals surface area contributed by atoms with Crippen molar-refractivity contribution in [3.63, 3.8) is 0 Å². The Morgan fingerprint density at radius 2 is 1.79 bits per heavy atom. The Bertz CT molecular complexity index is 820. The molecule has 150 valence electrons. The van der Waals surface area contributed by atoms with Gasteiger partial charge in [-0.25, -0.2) is 4.79 Å². The number of rotatable bonds is 6. The fraction of sp³-hybridized carbons (Fsp3) is 0.478. The van der Waals surface area contributed by atoms with Gasteiger partial charge in [-0.05, 0) is 57.1 Å². The van der Waals surface area contributed by atoms with Gasteiger partial charge in [-0.2, -0.15) is 0 Å². The minimum Gasteiger partial charge on any atom is -0.478 e. The summed E-state index contributed by atoms with van der Waals surface area (Å²) in [5.41, 5.74) is 1.19. The van der Waals surface area contributed by atoms with Gasteiger partial charge in [0, 0.05) is 16.8 Å². The molecule has 1 heterocycles. The molecule has 1 aliphatic rings. The van der Waals surface area contributed by atoms with Gasteiger partial charge in [0.05, 0.1) is 5.56 Å². The lowest BCUT2D eigenvalue weighted by Crippen LogP contribution is -2.42. The zero-order valence-electron chi connectivity index (χ0n) is 16.9. The van der Waals surface area contributed by atoms with Gasteiger partial charge in [-0.1, -0.05) is 43.7 Å². The Hall–Kier alpha value is -2.14. The second kappa shape index (κ2) is 8.91. The minimum absolute atomic E-state index is 0.00544. The first-order valence-electron chi connectivity index (χ1n) is 10.2. The Labute approximate surface area is 171 Å². The van der Waals surface area contributed by atoms with Crippen molar-refractivity contribution in [3.8, 4) is 10.4 Å². The van der Waals surface area contributed by atoms with Gasteiger partial charge >= 0.3 is 5.97 Å². The molecule has 0 atom stereocenters. The van der Waals surface area contributed by atoms with Crippen molar-refractivity contribution < 1.29 is 14.7 Å². The zero-order chi connectivity index (χ0) is 20.3. The number of aromatic carboxylic acids is 1. The first-order valence-corrected chi connectivity index (χ1v) is 11.0. The Kier molecular flexibility index (Phi) is 6.55. The monoisotopic (exact) mass is 399 g/mol. The maximum atomic E-state index is 13.4. The molecule has 0 spiro atoms. The molecule has 0 unspecified atom stereocenters. The molecule has 1 aliphatic carbocycles. The number of benzene rings is 1. The molecule has 0 saturated heterocycles. The minimum atomic E-state index is -0.985. The van der Waals surface area contributed by atoms with Gasteiger partial charge in [-0.15, -0.1) is 11.3 Å². The highest BCUT2D eigenvalue weighted by atomic mass is 32.1. The molecule has 1 amide bonds. The smallest absolute Gasteiger partial charge is 0.338 e. The van der Waals surface area contributed by atoms with E-state index in [1.54, 1.807) is 11.0 Å². The van der Waals surface area contributed by atoms with E-state index in [-0.39, 0.29) is 23.4 Å². The topological polar surface area (TPSA) is 57.6 Å². The molecule has 0 bridgehead atoms. The van der Waals surface area contributed by atoms with Crippen LogP contribution in [-0.4, -0.2) is 23.0 Å². The van der Waals surface area contributed by atoms with Crippen LogP contribution in [0.15, 0.2) is 36.4 Å². The quantitative estimate of drug-likeness (QED) is 0.641. The molecule has 5 heteroatoms. The lowest BCUT2D eigenvalue weighted by Gasteiger charge is -2.33. The molecule has 1 N–H and O–H groups in total. The number of hydrogen-bond donors (Lipinski definition) is 1. The lowest BCUT2D eigenvalue weighted by molar-refractivity contribution is -0.123. The summed E-state index contributed by atoms with van der Waals surface area (Å²) in [6.45, 7) is 6.13. The van der Waals surface area contributed by atoms with Crippen molar-refractivity contribution in [1.29, 1.82) is 0 Å². The molecule has 1 aromatic carbocycles. The van der Waals surface area contributed by atoms with Crippen LogP contribution in [0.1, 0.15) is 63.2 Å². The summed E-state index contributed by atoms with van der Waals surface area (Å²) in [7, 11) is 0. The number of carboxylic acid groups (broad SMARTS) is 1. The number of carbonyl (C=O) groups excluding carboxylic acids is 1. The average molecular weight is 400 g/mol. The second-order valence-corrected chi connectivity index (χ2v) is 8.96. The van der Waals surface area contributed by atoms with E-state index in [0.29, 0.717) is 5.00 Å². The first kappa shape index (κ1) is 20.6. The van der Waals surface area contributed by atoms with Gasteiger partial charge in [-0.3, -0.25) is 4.79 Å². The molecule has 0 aliphatic heterocycles. The van der Waals surface area contributed by atoms with Crippen LogP contribution in [-0.2, 0) is 4.79 Å². The van der Waals surface area contributed by atoms with E-state index in [9.17, 15) is 14.7 Å². The zero-order valence-corrected chi connectivity index (χ0v) is 17.7. The van der Waals surface area contributed by atoms with Crippen LogP contribution in [0.3, 0.4) is 0 Å². The van der Waals surface area contributed by atoms with Crippen LogP contribution in [0.5, 0.6) is 0 Å². The lowest BCUT2D eigenvalue weighted by atomic mass is 9.80. The number of nitrogens with zero attached hydrogens (tertiary/aromatic N) is 1. The van der Waals surface area contributed by atoms with Gasteiger partial charge in [0.25, 0.3) is 0 Å². The molecule has 1 saturated carbocycles. The normalized spacial score (nSPS) is 19.6. The van der Waals surface area contributed by atoms with Crippen molar-refractivity contribution in [3.05, 3.63) is 42.0 Å². The predicted octanol–water partition coefficient (Wildman–Crippen LogP) is 6.07. The highest BCUT2D eigenvalue weighted by molar-refractivity contribution is 7.20. The van der Waals surface area contributed by atoms with Crippen LogP contribution in [0.2, 0.25) is 0 Å². The van der Waals surface area contributed by atoms with Crippen LogP contribution < -0.4 is 4.90 Å². The number of hydrogen-bond acceptors (Lipinski definition) is 3. The molecule has 1 fully saturated rings. The fourth-order valence-electron chi connectivity index (χ4n) is 4.06. The number of thiophene rings is 1. The third kappa shape index (κ3) is 4.30. The third-order valence-corrected chi connectivity index (χ3v) is 6.93. The fourth-order valence-corrected chi connectivity index (χ4v) is 5.36. The summed E-state index contributed by atoms with van der Waals surface area (Å²) in [6.07, 6.45) is 5.15. The van der Waals surface area contributed by atoms with E-state index in [2.05, 4.69) is 6.92 Å². The maximum absolute atomic E-state index is 13.4. The number of carboxylic acids is 1. The Morgan fingerprint density at radius 3 is 2.32 bits per heavy atom. The molecule has 2 aromatic rings. The van der Waals surface area contributed by atoms with Crippen LogP contribution in [0.25, 0.3) is 10.4 Å². The average Bonchev–Trinajstić information content (AvgIpc) is 3.13. The van der Waals surface area contributed by atoms with Crippen molar-refractivity contribution in [1.82, 2.24) is 0 Å². The van der Waals surface area contributed by atoms with Crippen molar-refractivity contribution >= 4 is 28.2 Å². The van der Waals surface area contributed by atoms with Crippen LogP contribution >= 0.6 is 11.3 Å². The van der Waals surface area contributed by atoms with Crippen LogP contribution in [0, 0.1) is 11.8 Å². The molecule has 4 nitrogen and oxygen atoms in total. The van der Waals surface area contributed by atoms with E-state index in [4.69, 9.17) is 0 Å². The number of amides is 1. The van der Waals surface area contributed by atoms with Gasteiger partial charge < -0.3 is 10.0 Å². The third-order valence-electron chi connectivity index (χ3n) is 5.75. The molecule has 3 rings (SSSR count). The first-order chi connectivity index (χ1) is 13.4. The van der Waals surface area contributed by atoms with Gasteiger partial charge in [0.2, 0.25) is 5.91 Å². The second-order valence-electron chi connectivity index (χ2n) is 7.93. The Balaban J connectivity index is 1.94. The van der Waals surface area contributed by atoms with Crippen molar-refractivity contribution in [2.45, 2.75) is 58.9 Å². The maximum Gasteiger partial charge on any atom is 0.338 e. The highest BCUT2D eigenvalue weighted by Gasteiger charge is 2.34. The molecule has 28 heavy (non-hydrogen) atoms. The van der Waals surface area contributed by atoms with Gasteiger partial charge in [0.15, 0.2) is 0 Å². The van der Waals surface area contributed by atoms with E-state index < -0.39 is 5.97 Å². The summed E-state index contributed by atoms with van der Waals surface area (Å²) < 4.78 is 0. The van der Waals surface area contributed by atoms with Crippen molar-refractivity contribution in [2.24, 2.45) is 11.8 Å². The summed E-state index contributed by atoms with van der Waals surface area (Å²) in [5.74, 6) is -0.193. The molecular weight excluding hydrogens is 370 g/mol. The van der Waals surface area contributed by atoms with E-state index in [1.165, 1.54) is 17.8 Å². The van der Waals surface area contributed by atoms with Gasteiger partial charge in [0.1, 0.15) is 5.00 Å². The van der Waals surface area contributed by atoms with E-state index in [1.807, 2.05) is 44.2 Å². The van der Waals surface area contributed by atoms with Crippen molar-refractivity contribution in [2.75, 3.05) is 4.90 Å². The molecule has 0 radical (unpaired) electrons. The number of anilines is 1. The summed E-state index contributed by atoms with van der Waals surface area (Å²) in [6, 6.07) is 11.4. The summed E-state index contributed by atoms with van der Waals surface area (Å²) in [5, 5.41) is 10.3. The number of carbonyl (C=O) groups is 2. The summed E-state index contributed by atoms with van der Waals surface area (Å²) in [4.78, 5) is 27.9. The van der Waals surface area contributed by atoms with Crippen LogP contribution in [0.4, 0.5) is 5.00 Å². The Morgan fingerprint density at radius 1 is 1.14 bits per heavy atom.